The average Bonchev–Trinajstić information content (AvgIpc) is 1.23. The van der Waals surface area contributed by atoms with Crippen LogP contribution in [0.25, 0.3) is 164 Å². The summed E-state index contributed by atoms with van der Waals surface area (Å²) in [5, 5.41) is 0.158. The number of hydrogen-bond donors (Lipinski definition) is 0. The number of furan rings is 2. The van der Waals surface area contributed by atoms with Gasteiger partial charge in [0, 0.05) is 21.5 Å². The van der Waals surface area contributed by atoms with Crippen molar-refractivity contribution in [1.82, 2.24) is 0 Å². The van der Waals surface area contributed by atoms with E-state index in [-0.39, 0.29) is 56.5 Å². The Hall–Kier alpha value is -10.5. The summed E-state index contributed by atoms with van der Waals surface area (Å²) in [5.74, 6) is 0. The molecule has 0 unspecified atom stereocenters. The average molecular weight is 1050 g/mol. The normalized spacial score (nSPS) is 17.0. The van der Waals surface area contributed by atoms with Crippen LogP contribution in [0, 0.1) is 0 Å². The maximum absolute atomic E-state index is 9.44. The smallest absolute Gasteiger partial charge is 0.136 e. The molecule has 0 radical (unpaired) electrons. The summed E-state index contributed by atoms with van der Waals surface area (Å²) < 4.78 is 278. The van der Waals surface area contributed by atoms with Crippen molar-refractivity contribution in [3.63, 3.8) is 0 Å². The predicted octanol–water partition coefficient (Wildman–Crippen LogP) is 22.4. The van der Waals surface area contributed by atoms with Gasteiger partial charge in [-0.25, -0.2) is 0 Å². The molecular formula is C78H48O2. The third kappa shape index (κ3) is 7.34. The summed E-state index contributed by atoms with van der Waals surface area (Å²) in [5.41, 5.74) is 1.63. The second-order valence-electron chi connectivity index (χ2n) is 18.7. The Morgan fingerprint density at radius 3 is 1.39 bits per heavy atom. The van der Waals surface area contributed by atoms with Crippen molar-refractivity contribution in [2.75, 3.05) is 0 Å². The fourth-order valence-electron chi connectivity index (χ4n) is 10.9. The Morgan fingerprint density at radius 1 is 0.225 bits per heavy atom. The van der Waals surface area contributed by atoms with Gasteiger partial charge in [-0.3, -0.25) is 0 Å². The van der Waals surface area contributed by atoms with E-state index in [4.69, 9.17) is 36.2 Å². The Labute approximate surface area is 503 Å². The van der Waals surface area contributed by atoms with Crippen LogP contribution in [-0.4, -0.2) is 0 Å². The van der Waals surface area contributed by atoms with E-state index in [9.17, 15) is 13.7 Å². The van der Waals surface area contributed by atoms with Gasteiger partial charge in [-0.1, -0.05) is 254 Å². The van der Waals surface area contributed by atoms with Gasteiger partial charge in [0.1, 0.15) is 22.3 Å². The Kier molecular flexibility index (Phi) is 5.77. The summed E-state index contributed by atoms with van der Waals surface area (Å²) in [4.78, 5) is 0. The molecule has 0 atom stereocenters. The van der Waals surface area contributed by atoms with Gasteiger partial charge < -0.3 is 8.83 Å². The highest BCUT2D eigenvalue weighted by Crippen LogP contribution is 2.48. The Morgan fingerprint density at radius 2 is 0.700 bits per heavy atom. The van der Waals surface area contributed by atoms with Crippen LogP contribution in [0.2, 0.25) is 0 Å². The highest BCUT2D eigenvalue weighted by Gasteiger charge is 2.21. The lowest BCUT2D eigenvalue weighted by molar-refractivity contribution is 0.668. The van der Waals surface area contributed by atoms with Crippen LogP contribution in [0.1, 0.15) is 41.1 Å². The predicted molar refractivity (Wildman–Crippen MR) is 340 cm³/mol. The number of rotatable bonds is 5. The lowest BCUT2D eigenvalue weighted by atomic mass is 9.84. The quantitative estimate of drug-likeness (QED) is 0.161. The van der Waals surface area contributed by atoms with Crippen molar-refractivity contribution in [1.29, 1.82) is 0 Å². The summed E-state index contributed by atoms with van der Waals surface area (Å²) in [6.45, 7) is 0. The van der Waals surface area contributed by atoms with E-state index in [1.807, 2.05) is 109 Å². The fourth-order valence-corrected chi connectivity index (χ4v) is 10.9. The van der Waals surface area contributed by atoms with E-state index >= 15 is 0 Å². The summed E-state index contributed by atoms with van der Waals surface area (Å²) in [7, 11) is 0. The zero-order chi connectivity index (χ0) is 78.8. The van der Waals surface area contributed by atoms with Crippen LogP contribution >= 0.6 is 0 Å². The monoisotopic (exact) mass is 1050 g/mol. The first-order valence-corrected chi connectivity index (χ1v) is 25.0. The highest BCUT2D eigenvalue weighted by molar-refractivity contribution is 6.25. The molecule has 0 aliphatic heterocycles. The van der Waals surface area contributed by atoms with Crippen LogP contribution in [0.3, 0.4) is 0 Å². The Balaban J connectivity index is 0.000000169. The molecule has 0 saturated carbocycles. The lowest BCUT2D eigenvalue weighted by Gasteiger charge is -2.19. The minimum atomic E-state index is -0.912. The molecule has 0 aliphatic rings. The van der Waals surface area contributed by atoms with Gasteiger partial charge in [0.15, 0.2) is 0 Å². The SMILES string of the molecule is [2H]c1c([2H])c([2H])c2c(-c3cccc4ccccc34)c3c([2H])c([2H])c([2H])c([2H])c3c(-c3ccc(-c4ccc5c(c4)oc4ccccc45)cc3)c2c1[2H].[2H]c1c([2H])c([2H])c2c(oc3c([2H])c(-c4c5c([2H])c([2H])c([2H])c([2H])c5c(-c5c([2H])c([2H])c([2H])c6c([2H])c([2H])c([2H])c([2H])c56)c5c([2H])c([2H])c([2H])c([2H])c45)c([2H])c([2H])c32)c1[2H]. The second-order valence-corrected chi connectivity index (χ2v) is 18.7. The van der Waals surface area contributed by atoms with Crippen molar-refractivity contribution in [3.8, 4) is 55.6 Å². The van der Waals surface area contributed by atoms with Gasteiger partial charge in [-0.05, 0) is 157 Å². The maximum atomic E-state index is 9.44. The van der Waals surface area contributed by atoms with Crippen molar-refractivity contribution >= 4 is 109 Å². The summed E-state index contributed by atoms with van der Waals surface area (Å²) in [6.07, 6.45) is 0. The van der Waals surface area contributed by atoms with Gasteiger partial charge >= 0.3 is 0 Å². The minimum Gasteiger partial charge on any atom is -0.456 e. The highest BCUT2D eigenvalue weighted by atomic mass is 16.3. The van der Waals surface area contributed by atoms with Gasteiger partial charge in [0.05, 0.1) is 41.1 Å². The molecule has 2 aromatic heterocycles. The topological polar surface area (TPSA) is 26.3 Å². The van der Waals surface area contributed by atoms with E-state index in [1.165, 1.54) is 0 Å². The minimum absolute atomic E-state index is 0.193. The van der Waals surface area contributed by atoms with E-state index in [0.29, 0.717) is 22.3 Å². The first-order valence-electron chi connectivity index (χ1n) is 40.0. The van der Waals surface area contributed by atoms with Crippen LogP contribution in [0.5, 0.6) is 0 Å². The van der Waals surface area contributed by atoms with Crippen LogP contribution < -0.4 is 0 Å². The number of fused-ring (bicyclic) bond motifs is 12. The molecule has 17 rings (SSSR count). The number of benzene rings is 15. The lowest BCUT2D eigenvalue weighted by Crippen LogP contribution is -1.91. The Bertz CT molecular complexity index is 6970. The van der Waals surface area contributed by atoms with E-state index in [0.717, 1.165) is 43.8 Å². The molecule has 2 nitrogen and oxygen atoms in total. The molecule has 0 N–H and O–H groups in total. The van der Waals surface area contributed by atoms with Crippen molar-refractivity contribution in [3.05, 3.63) is 290 Å². The molecule has 2 heteroatoms. The van der Waals surface area contributed by atoms with Crippen molar-refractivity contribution < 1.29 is 50.0 Å². The summed E-state index contributed by atoms with van der Waals surface area (Å²) >= 11 is 0. The molecular weight excluding hydrogens is 969 g/mol. The van der Waals surface area contributed by atoms with Gasteiger partial charge in [0.2, 0.25) is 0 Å². The van der Waals surface area contributed by atoms with E-state index in [1.54, 1.807) is 0 Å². The van der Waals surface area contributed by atoms with Crippen molar-refractivity contribution in [2.45, 2.75) is 0 Å². The molecule has 15 aromatic carbocycles. The fraction of sp³-hybridized carbons (Fsp3) is 0. The van der Waals surface area contributed by atoms with E-state index < -0.39 is 223 Å². The standard InChI is InChI=1S/C42H26O.C36H22O/c1-2-12-31-28(10-1)11-9-18-34(31)42-37-16-5-3-14-35(37)41(36-15-4-6-17-38(36)42)29-22-20-27(21-23-29)30-24-25-33-32-13-7-8-19-39(32)43-40(33)26-30;1-2-12-25-23(10-1)11-9-18-28(25)36-31-16-5-3-14-29(31)35(30-15-4-6-17-32(30)36)24-20-21-27-26-13-7-8-19-33(26)37-34(27)22-24/h1-26H;1-22H/i3D,4D,5D,6D,14D,15D,16D,17D;1D,2D,3D,4D,5D,6D,7D,8D,9D,10D,11D,12D,13D,14D,15D,16D,17D,18D,19D,20D,21D,22D. The third-order valence-corrected chi connectivity index (χ3v) is 14.4. The van der Waals surface area contributed by atoms with Crippen molar-refractivity contribution in [2.24, 2.45) is 0 Å². The zero-order valence-corrected chi connectivity index (χ0v) is 41.2. The first-order chi connectivity index (χ1) is 52.2. The molecule has 372 valence electrons. The molecule has 0 aliphatic carbocycles. The van der Waals surface area contributed by atoms with Gasteiger partial charge in [-0.2, -0.15) is 0 Å². The molecule has 0 bridgehead atoms. The molecule has 80 heavy (non-hydrogen) atoms. The third-order valence-electron chi connectivity index (χ3n) is 14.4. The van der Waals surface area contributed by atoms with Crippen LogP contribution in [0.15, 0.2) is 299 Å². The molecule has 2 heterocycles. The molecule has 17 aromatic rings. The molecule has 0 spiro atoms. The van der Waals surface area contributed by atoms with Crippen LogP contribution in [0.4, 0.5) is 0 Å². The second kappa shape index (κ2) is 18.6. The molecule has 0 fully saturated rings. The van der Waals surface area contributed by atoms with E-state index in [2.05, 4.69) is 0 Å². The van der Waals surface area contributed by atoms with Gasteiger partial charge in [0.25, 0.3) is 0 Å². The van der Waals surface area contributed by atoms with Gasteiger partial charge in [-0.15, -0.1) is 0 Å². The molecule has 0 saturated heterocycles. The zero-order valence-electron chi connectivity index (χ0n) is 71.2. The number of hydrogen-bond acceptors (Lipinski definition) is 2. The van der Waals surface area contributed by atoms with Crippen LogP contribution in [-0.2, 0) is 0 Å². The summed E-state index contributed by atoms with van der Waals surface area (Å²) in [6, 6.07) is 13.6. The largest absolute Gasteiger partial charge is 0.456 e. The maximum Gasteiger partial charge on any atom is 0.136 e. The molecule has 0 amide bonds. The first kappa shape index (κ1) is 24.8. The number of para-hydroxylation sites is 2.